The summed E-state index contributed by atoms with van der Waals surface area (Å²) in [6.07, 6.45) is 3.50. The highest BCUT2D eigenvalue weighted by Crippen LogP contribution is 2.39. The minimum absolute atomic E-state index is 0.0169. The Morgan fingerprint density at radius 1 is 0.939 bits per heavy atom. The largest absolute Gasteiger partial charge is 0.493 e. The van der Waals surface area contributed by atoms with E-state index in [4.69, 9.17) is 9.47 Å². The molecule has 1 unspecified atom stereocenters. The van der Waals surface area contributed by atoms with Crippen LogP contribution in [-0.2, 0) is 13.1 Å². The Hall–Kier alpha value is -3.56. The number of hydrogen-bond donors (Lipinski definition) is 0. The minimum atomic E-state index is -0.377. The number of nitro groups is 1. The summed E-state index contributed by atoms with van der Waals surface area (Å²) < 4.78 is 10.8. The maximum Gasteiger partial charge on any atom is 0.278 e. The molecule has 0 aliphatic heterocycles. The van der Waals surface area contributed by atoms with E-state index in [1.807, 2.05) is 50.5 Å². The van der Waals surface area contributed by atoms with Crippen LogP contribution in [0.2, 0.25) is 0 Å². The molecule has 9 nitrogen and oxygen atoms in total. The summed E-state index contributed by atoms with van der Waals surface area (Å²) in [4.78, 5) is 24.6. The highest BCUT2D eigenvalue weighted by molar-refractivity contribution is 5.55. The summed E-state index contributed by atoms with van der Waals surface area (Å²) in [5.74, 6) is 0.766. The van der Waals surface area contributed by atoms with Crippen LogP contribution in [0.15, 0.2) is 60.9 Å². The summed E-state index contributed by atoms with van der Waals surface area (Å²) in [6, 6.07) is 14.3. The summed E-state index contributed by atoms with van der Waals surface area (Å²) in [5, 5.41) is 12.0. The molecule has 0 amide bonds. The molecule has 174 valence electrons. The molecule has 0 fully saturated rings. The number of aromatic nitrogens is 2. The van der Waals surface area contributed by atoms with Crippen molar-refractivity contribution >= 4 is 5.69 Å². The van der Waals surface area contributed by atoms with Gasteiger partial charge in [0.05, 0.1) is 48.2 Å². The predicted octanol–water partition coefficient (Wildman–Crippen LogP) is 3.71. The van der Waals surface area contributed by atoms with Gasteiger partial charge in [0, 0.05) is 32.0 Å². The fourth-order valence-electron chi connectivity index (χ4n) is 3.77. The second kappa shape index (κ2) is 11.3. The number of nitro benzene ring substituents is 1. The fraction of sp³-hybridized carbons (Fsp3) is 0.333. The Kier molecular flexibility index (Phi) is 8.28. The van der Waals surface area contributed by atoms with Gasteiger partial charge in [-0.05, 0) is 44.4 Å². The van der Waals surface area contributed by atoms with Crippen LogP contribution in [0.1, 0.15) is 23.0 Å². The van der Waals surface area contributed by atoms with Crippen LogP contribution in [0.3, 0.4) is 0 Å². The number of hydrogen-bond acceptors (Lipinski definition) is 8. The molecule has 1 aromatic carbocycles. The summed E-state index contributed by atoms with van der Waals surface area (Å²) in [5.41, 5.74) is 2.33. The summed E-state index contributed by atoms with van der Waals surface area (Å²) in [7, 11) is 6.90. The van der Waals surface area contributed by atoms with E-state index in [-0.39, 0.29) is 16.7 Å². The van der Waals surface area contributed by atoms with E-state index in [2.05, 4.69) is 19.8 Å². The lowest BCUT2D eigenvalue weighted by molar-refractivity contribution is -0.386. The maximum absolute atomic E-state index is 12.0. The zero-order valence-corrected chi connectivity index (χ0v) is 19.3. The Morgan fingerprint density at radius 2 is 1.52 bits per heavy atom. The van der Waals surface area contributed by atoms with Crippen LogP contribution in [0, 0.1) is 10.1 Å². The molecule has 0 bridgehead atoms. The van der Waals surface area contributed by atoms with Gasteiger partial charge in [0.2, 0.25) is 0 Å². The average Bonchev–Trinajstić information content (AvgIpc) is 2.82. The molecule has 0 saturated heterocycles. The highest BCUT2D eigenvalue weighted by Gasteiger charge is 2.29. The van der Waals surface area contributed by atoms with E-state index in [1.54, 1.807) is 18.5 Å². The van der Waals surface area contributed by atoms with Gasteiger partial charge in [-0.15, -0.1) is 0 Å². The number of rotatable bonds is 11. The second-order valence-corrected chi connectivity index (χ2v) is 7.79. The van der Waals surface area contributed by atoms with Gasteiger partial charge < -0.3 is 9.47 Å². The molecule has 1 atom stereocenters. The third-order valence-electron chi connectivity index (χ3n) is 5.40. The molecule has 0 aliphatic rings. The lowest BCUT2D eigenvalue weighted by Gasteiger charge is -2.32. The Labute approximate surface area is 193 Å². The average molecular weight is 452 g/mol. The molecule has 0 saturated carbocycles. The monoisotopic (exact) mass is 451 g/mol. The van der Waals surface area contributed by atoms with Crippen molar-refractivity contribution in [2.45, 2.75) is 19.1 Å². The minimum Gasteiger partial charge on any atom is -0.493 e. The van der Waals surface area contributed by atoms with Crippen molar-refractivity contribution in [2.75, 3.05) is 34.9 Å². The molecule has 2 aromatic heterocycles. The van der Waals surface area contributed by atoms with E-state index in [0.29, 0.717) is 36.7 Å². The standard InChI is InChI=1S/C24H29N5O4/c1-27(15-18-9-5-7-11-25-18)17-22(28(2)16-19-10-6-8-12-26-19)20-13-23(32-3)24(33-4)14-21(20)29(30)31/h5-14,22H,15-17H2,1-4H3. The van der Waals surface area contributed by atoms with E-state index in [9.17, 15) is 10.1 Å². The van der Waals surface area contributed by atoms with Gasteiger partial charge in [-0.3, -0.25) is 29.9 Å². The van der Waals surface area contributed by atoms with Gasteiger partial charge in [0.25, 0.3) is 5.69 Å². The van der Waals surface area contributed by atoms with Crippen molar-refractivity contribution < 1.29 is 14.4 Å². The summed E-state index contributed by atoms with van der Waals surface area (Å²) >= 11 is 0. The molecule has 0 radical (unpaired) electrons. The van der Waals surface area contributed by atoms with Gasteiger partial charge in [-0.25, -0.2) is 0 Å². The van der Waals surface area contributed by atoms with Gasteiger partial charge in [-0.2, -0.15) is 0 Å². The van der Waals surface area contributed by atoms with E-state index in [1.165, 1.54) is 20.3 Å². The molecule has 0 N–H and O–H groups in total. The topological polar surface area (TPSA) is 93.9 Å². The van der Waals surface area contributed by atoms with Crippen LogP contribution in [0.4, 0.5) is 5.69 Å². The van der Waals surface area contributed by atoms with Crippen molar-refractivity contribution in [2.24, 2.45) is 0 Å². The van der Waals surface area contributed by atoms with Crippen molar-refractivity contribution in [1.82, 2.24) is 19.8 Å². The first-order chi connectivity index (χ1) is 15.9. The second-order valence-electron chi connectivity index (χ2n) is 7.79. The number of methoxy groups -OCH3 is 2. The molecule has 3 aromatic rings. The number of likely N-dealkylation sites (N-methyl/N-ethyl adjacent to an activating group) is 2. The lowest BCUT2D eigenvalue weighted by atomic mass is 10.0. The van der Waals surface area contributed by atoms with Gasteiger partial charge in [-0.1, -0.05) is 12.1 Å². The number of pyridine rings is 2. The van der Waals surface area contributed by atoms with Crippen LogP contribution in [-0.4, -0.2) is 59.6 Å². The van der Waals surface area contributed by atoms with Crippen molar-refractivity contribution in [3.63, 3.8) is 0 Å². The Balaban J connectivity index is 1.99. The lowest BCUT2D eigenvalue weighted by Crippen LogP contribution is -2.35. The van der Waals surface area contributed by atoms with E-state index >= 15 is 0 Å². The zero-order chi connectivity index (χ0) is 23.8. The summed E-state index contributed by atoms with van der Waals surface area (Å²) in [6.45, 7) is 1.65. The van der Waals surface area contributed by atoms with Crippen LogP contribution in [0.5, 0.6) is 11.5 Å². The molecule has 2 heterocycles. The van der Waals surface area contributed by atoms with Crippen LogP contribution < -0.4 is 9.47 Å². The SMILES string of the molecule is COc1cc(C(CN(C)Cc2ccccn2)N(C)Cc2ccccn2)c([N+](=O)[O-])cc1OC. The van der Waals surface area contributed by atoms with Crippen LogP contribution >= 0.6 is 0 Å². The van der Waals surface area contributed by atoms with Crippen molar-refractivity contribution in [3.05, 3.63) is 88.0 Å². The van der Waals surface area contributed by atoms with E-state index < -0.39 is 0 Å². The Morgan fingerprint density at radius 3 is 2.03 bits per heavy atom. The smallest absolute Gasteiger partial charge is 0.278 e. The van der Waals surface area contributed by atoms with Gasteiger partial charge in [0.1, 0.15) is 0 Å². The maximum atomic E-state index is 12.0. The number of ether oxygens (including phenoxy) is 2. The quantitative estimate of drug-likeness (QED) is 0.322. The van der Waals surface area contributed by atoms with Gasteiger partial charge >= 0.3 is 0 Å². The molecular formula is C24H29N5O4. The fourth-order valence-corrected chi connectivity index (χ4v) is 3.77. The molecule has 3 rings (SSSR count). The molecule has 0 spiro atoms. The molecule has 9 heteroatoms. The molecule has 33 heavy (non-hydrogen) atoms. The first kappa shape index (κ1) is 24.1. The molecular weight excluding hydrogens is 422 g/mol. The normalized spacial score (nSPS) is 12.1. The third-order valence-corrected chi connectivity index (χ3v) is 5.40. The highest BCUT2D eigenvalue weighted by atomic mass is 16.6. The van der Waals surface area contributed by atoms with Crippen molar-refractivity contribution in [1.29, 1.82) is 0 Å². The van der Waals surface area contributed by atoms with Crippen molar-refractivity contribution in [3.8, 4) is 11.5 Å². The van der Waals surface area contributed by atoms with E-state index in [0.717, 1.165) is 11.4 Å². The first-order valence-corrected chi connectivity index (χ1v) is 10.5. The first-order valence-electron chi connectivity index (χ1n) is 10.5. The predicted molar refractivity (Wildman–Crippen MR) is 125 cm³/mol. The number of nitrogens with zero attached hydrogens (tertiary/aromatic N) is 5. The zero-order valence-electron chi connectivity index (χ0n) is 19.3. The Bertz CT molecular complexity index is 1050. The van der Waals surface area contributed by atoms with Gasteiger partial charge in [0.15, 0.2) is 11.5 Å². The van der Waals surface area contributed by atoms with Crippen LogP contribution in [0.25, 0.3) is 0 Å². The number of benzene rings is 1. The third kappa shape index (κ3) is 6.24. The molecule has 0 aliphatic carbocycles.